The van der Waals surface area contributed by atoms with Crippen LogP contribution in [-0.2, 0) is 16.6 Å². The molecule has 0 saturated carbocycles. The lowest BCUT2D eigenvalue weighted by Crippen LogP contribution is -2.12. The molecule has 7 nitrogen and oxygen atoms in total. The molecule has 0 aliphatic rings. The van der Waals surface area contributed by atoms with Crippen LogP contribution in [0.25, 0.3) is 11.4 Å². The Kier molecular flexibility index (Phi) is 3.52. The number of benzene rings is 1. The van der Waals surface area contributed by atoms with Gasteiger partial charge in [0.25, 0.3) is 0 Å². The lowest BCUT2D eigenvalue weighted by molar-refractivity contribution is -0.142. The van der Waals surface area contributed by atoms with Gasteiger partial charge in [-0.05, 0) is 34.7 Å². The van der Waals surface area contributed by atoms with Gasteiger partial charge in [-0.3, -0.25) is 0 Å². The molecule has 0 radical (unpaired) electrons. The molecule has 0 aliphatic carbocycles. The van der Waals surface area contributed by atoms with Crippen molar-refractivity contribution in [2.75, 3.05) is 13.7 Å². The predicted molar refractivity (Wildman–Crippen MR) is 61.7 cm³/mol. The van der Waals surface area contributed by atoms with E-state index in [2.05, 4.69) is 20.3 Å². The zero-order chi connectivity index (χ0) is 13.0. The van der Waals surface area contributed by atoms with Crippen LogP contribution in [0.15, 0.2) is 24.3 Å². The maximum atomic E-state index is 10.9. The molecule has 0 fully saturated rings. The van der Waals surface area contributed by atoms with Crippen molar-refractivity contribution in [1.29, 1.82) is 0 Å². The number of aryl methyl sites for hydroxylation is 1. The van der Waals surface area contributed by atoms with E-state index in [1.165, 1.54) is 7.11 Å². The van der Waals surface area contributed by atoms with Crippen molar-refractivity contribution in [2.24, 2.45) is 7.05 Å². The zero-order valence-electron chi connectivity index (χ0n) is 10.0. The third-order valence-electron chi connectivity index (χ3n) is 2.32. The number of nitrogens with zero attached hydrogens (tertiary/aromatic N) is 4. The summed E-state index contributed by atoms with van der Waals surface area (Å²) in [5.74, 6) is 0.824. The summed E-state index contributed by atoms with van der Waals surface area (Å²) in [4.78, 5) is 10.9. The fraction of sp³-hybridized carbons (Fsp3) is 0.273. The fourth-order valence-corrected chi connectivity index (χ4v) is 1.38. The van der Waals surface area contributed by atoms with Crippen LogP contribution in [0.4, 0.5) is 0 Å². The molecule has 1 aromatic carbocycles. The van der Waals surface area contributed by atoms with Gasteiger partial charge in [0.15, 0.2) is 12.4 Å². The van der Waals surface area contributed by atoms with E-state index in [1.54, 1.807) is 23.9 Å². The molecule has 1 aromatic heterocycles. The van der Waals surface area contributed by atoms with Crippen LogP contribution >= 0.6 is 0 Å². The van der Waals surface area contributed by atoms with Crippen LogP contribution in [0.1, 0.15) is 0 Å². The summed E-state index contributed by atoms with van der Waals surface area (Å²) in [5.41, 5.74) is 0.868. The van der Waals surface area contributed by atoms with Crippen LogP contribution in [0, 0.1) is 0 Å². The standard InChI is InChI=1S/C11H12N4O3/c1-15-11(12-13-14-15)8-3-5-9(6-4-8)18-7-10(16)17-2/h3-6H,7H2,1-2H3. The third-order valence-corrected chi connectivity index (χ3v) is 2.32. The second-order valence-electron chi connectivity index (χ2n) is 3.52. The molecule has 0 saturated heterocycles. The van der Waals surface area contributed by atoms with Gasteiger partial charge < -0.3 is 9.47 Å². The monoisotopic (exact) mass is 248 g/mol. The number of esters is 1. The molecule has 1 heterocycles. The first kappa shape index (κ1) is 12.0. The van der Waals surface area contributed by atoms with Gasteiger partial charge in [-0.1, -0.05) is 0 Å². The number of aromatic nitrogens is 4. The van der Waals surface area contributed by atoms with Crippen molar-refractivity contribution >= 4 is 5.97 Å². The molecule has 2 rings (SSSR count). The summed E-state index contributed by atoms with van der Waals surface area (Å²) < 4.78 is 11.3. The molecule has 0 N–H and O–H groups in total. The molecule has 0 unspecified atom stereocenters. The molecule has 0 atom stereocenters. The van der Waals surface area contributed by atoms with Gasteiger partial charge in [-0.25, -0.2) is 9.48 Å². The fourth-order valence-electron chi connectivity index (χ4n) is 1.38. The molecule has 0 bridgehead atoms. The highest BCUT2D eigenvalue weighted by Crippen LogP contribution is 2.19. The highest BCUT2D eigenvalue weighted by molar-refractivity contribution is 5.70. The van der Waals surface area contributed by atoms with E-state index in [1.807, 2.05) is 12.1 Å². The van der Waals surface area contributed by atoms with E-state index >= 15 is 0 Å². The number of rotatable bonds is 4. The summed E-state index contributed by atoms with van der Waals surface area (Å²) in [5, 5.41) is 11.2. The van der Waals surface area contributed by atoms with Gasteiger partial charge in [-0.2, -0.15) is 0 Å². The lowest BCUT2D eigenvalue weighted by Gasteiger charge is -2.05. The van der Waals surface area contributed by atoms with Crippen molar-refractivity contribution in [3.63, 3.8) is 0 Å². The third kappa shape index (κ3) is 2.62. The van der Waals surface area contributed by atoms with Crippen LogP contribution in [0.5, 0.6) is 5.75 Å². The number of tetrazole rings is 1. The quantitative estimate of drug-likeness (QED) is 0.730. The van der Waals surface area contributed by atoms with Gasteiger partial charge in [0, 0.05) is 12.6 Å². The summed E-state index contributed by atoms with van der Waals surface area (Å²) in [6.45, 7) is -0.110. The van der Waals surface area contributed by atoms with E-state index < -0.39 is 5.97 Å². The highest BCUT2D eigenvalue weighted by atomic mass is 16.6. The van der Waals surface area contributed by atoms with Crippen molar-refractivity contribution in [2.45, 2.75) is 0 Å². The van der Waals surface area contributed by atoms with Crippen LogP contribution in [0.2, 0.25) is 0 Å². The Hall–Kier alpha value is -2.44. The molecule has 7 heteroatoms. The summed E-state index contributed by atoms with van der Waals surface area (Å²) in [7, 11) is 3.08. The van der Waals surface area contributed by atoms with Gasteiger partial charge in [0.2, 0.25) is 0 Å². The Balaban J connectivity index is 2.06. The SMILES string of the molecule is COC(=O)COc1ccc(-c2nnnn2C)cc1. The topological polar surface area (TPSA) is 79.1 Å². The molecule has 2 aromatic rings. The van der Waals surface area contributed by atoms with Crippen molar-refractivity contribution in [1.82, 2.24) is 20.2 Å². The Morgan fingerprint density at radius 1 is 1.33 bits per heavy atom. The van der Waals surface area contributed by atoms with E-state index in [0.717, 1.165) is 5.56 Å². The maximum absolute atomic E-state index is 10.9. The molecular formula is C11H12N4O3. The number of hydrogen-bond acceptors (Lipinski definition) is 6. The molecule has 94 valence electrons. The summed E-state index contributed by atoms with van der Waals surface area (Å²) in [6.07, 6.45) is 0. The Morgan fingerprint density at radius 3 is 2.61 bits per heavy atom. The molecule has 18 heavy (non-hydrogen) atoms. The van der Waals surface area contributed by atoms with Gasteiger partial charge >= 0.3 is 5.97 Å². The van der Waals surface area contributed by atoms with E-state index in [9.17, 15) is 4.79 Å². The Bertz CT molecular complexity index is 535. The molecular weight excluding hydrogens is 236 g/mol. The Morgan fingerprint density at radius 2 is 2.06 bits per heavy atom. The summed E-state index contributed by atoms with van der Waals surface area (Å²) in [6, 6.07) is 7.12. The first-order chi connectivity index (χ1) is 8.70. The smallest absolute Gasteiger partial charge is 0.343 e. The minimum absolute atomic E-state index is 0.110. The average Bonchev–Trinajstić information content (AvgIpc) is 2.83. The van der Waals surface area contributed by atoms with Gasteiger partial charge in [0.05, 0.1) is 7.11 Å². The normalized spacial score (nSPS) is 10.1. The first-order valence-electron chi connectivity index (χ1n) is 5.23. The number of hydrogen-bond donors (Lipinski definition) is 0. The number of ether oxygens (including phenoxy) is 2. The van der Waals surface area contributed by atoms with E-state index in [-0.39, 0.29) is 6.61 Å². The maximum Gasteiger partial charge on any atom is 0.343 e. The van der Waals surface area contributed by atoms with Crippen molar-refractivity contribution in [3.05, 3.63) is 24.3 Å². The Labute approximate surface area is 103 Å². The highest BCUT2D eigenvalue weighted by Gasteiger charge is 2.06. The van der Waals surface area contributed by atoms with Crippen LogP contribution in [0.3, 0.4) is 0 Å². The number of carbonyl (C=O) groups excluding carboxylic acids is 1. The van der Waals surface area contributed by atoms with E-state index in [0.29, 0.717) is 11.6 Å². The number of carbonyl (C=O) groups is 1. The zero-order valence-corrected chi connectivity index (χ0v) is 10.0. The second-order valence-corrected chi connectivity index (χ2v) is 3.52. The molecule has 0 aliphatic heterocycles. The van der Waals surface area contributed by atoms with Crippen LogP contribution < -0.4 is 4.74 Å². The summed E-state index contributed by atoms with van der Waals surface area (Å²) >= 11 is 0. The lowest BCUT2D eigenvalue weighted by atomic mass is 10.2. The van der Waals surface area contributed by atoms with Crippen LogP contribution in [-0.4, -0.2) is 39.9 Å². The second kappa shape index (κ2) is 5.26. The molecule has 0 amide bonds. The molecule has 0 spiro atoms. The predicted octanol–water partition coefficient (Wildman–Crippen LogP) is 0.429. The largest absolute Gasteiger partial charge is 0.482 e. The van der Waals surface area contributed by atoms with Crippen molar-refractivity contribution < 1.29 is 14.3 Å². The number of methoxy groups -OCH3 is 1. The average molecular weight is 248 g/mol. The first-order valence-corrected chi connectivity index (χ1v) is 5.23. The minimum atomic E-state index is -0.420. The minimum Gasteiger partial charge on any atom is -0.482 e. The van der Waals surface area contributed by atoms with Crippen molar-refractivity contribution in [3.8, 4) is 17.1 Å². The van der Waals surface area contributed by atoms with E-state index in [4.69, 9.17) is 4.74 Å². The van der Waals surface area contributed by atoms with Gasteiger partial charge in [0.1, 0.15) is 5.75 Å². The van der Waals surface area contributed by atoms with Gasteiger partial charge in [-0.15, -0.1) is 5.10 Å².